The number of halogens is 3. The fourth-order valence-corrected chi connectivity index (χ4v) is 3.78. The third-order valence-electron chi connectivity index (χ3n) is 3.79. The third-order valence-corrected chi connectivity index (χ3v) is 6.72. The average molecular weight is 621 g/mol. The first-order chi connectivity index (χ1) is 13.4. The number of cyclic esters (lactones) is 1. The number of benzene rings is 2. The van der Waals surface area contributed by atoms with Gasteiger partial charge in [-0.2, -0.15) is 0 Å². The Hall–Kier alpha value is -1.39. The van der Waals surface area contributed by atoms with Gasteiger partial charge in [0.15, 0.2) is 17.2 Å². The van der Waals surface area contributed by atoms with Crippen molar-refractivity contribution in [2.45, 2.75) is 13.3 Å². The molecule has 0 N–H and O–H groups in total. The Kier molecular flexibility index (Phi) is 7.16. The fourth-order valence-electron chi connectivity index (χ4n) is 2.49. The Morgan fingerprint density at radius 3 is 2.68 bits per heavy atom. The van der Waals surface area contributed by atoms with E-state index in [0.29, 0.717) is 18.1 Å². The molecule has 0 radical (unpaired) electrons. The molecule has 0 spiro atoms. The predicted molar refractivity (Wildman–Crippen MR) is 124 cm³/mol. The minimum atomic E-state index is -0.494. The van der Waals surface area contributed by atoms with Crippen LogP contribution in [0.5, 0.6) is 11.5 Å². The van der Waals surface area contributed by atoms with Gasteiger partial charge in [0.1, 0.15) is 0 Å². The molecule has 28 heavy (non-hydrogen) atoms. The molecule has 1 heterocycles. The summed E-state index contributed by atoms with van der Waals surface area (Å²) in [5.41, 5.74) is 1.69. The zero-order chi connectivity index (χ0) is 20.3. The van der Waals surface area contributed by atoms with Crippen molar-refractivity contribution in [1.29, 1.82) is 0 Å². The summed E-state index contributed by atoms with van der Waals surface area (Å²) in [4.78, 5) is 16.6. The fraction of sp³-hybridized carbons (Fsp3) is 0.200. The maximum Gasteiger partial charge on any atom is 0.363 e. The molecule has 0 unspecified atom stereocenters. The van der Waals surface area contributed by atoms with E-state index in [4.69, 9.17) is 14.2 Å². The van der Waals surface area contributed by atoms with Crippen molar-refractivity contribution < 1.29 is 19.0 Å². The highest BCUT2D eigenvalue weighted by molar-refractivity contribution is 14.1. The number of methoxy groups -OCH3 is 1. The molecule has 0 bridgehead atoms. The van der Waals surface area contributed by atoms with E-state index in [1.165, 1.54) is 0 Å². The van der Waals surface area contributed by atoms with Crippen molar-refractivity contribution in [2.24, 2.45) is 4.99 Å². The lowest BCUT2D eigenvalue weighted by Gasteiger charge is -2.13. The van der Waals surface area contributed by atoms with E-state index in [0.717, 1.165) is 30.1 Å². The summed E-state index contributed by atoms with van der Waals surface area (Å²) >= 11 is 9.20. The highest BCUT2D eigenvalue weighted by atomic mass is 127. The second-order valence-electron chi connectivity index (χ2n) is 5.85. The number of carbonyl (C=O) groups is 1. The minimum absolute atomic E-state index is 0.223. The third kappa shape index (κ3) is 4.77. The molecule has 0 fully saturated rings. The lowest BCUT2D eigenvalue weighted by atomic mass is 10.1. The van der Waals surface area contributed by atoms with E-state index in [1.807, 2.05) is 31.2 Å². The second-order valence-corrected chi connectivity index (χ2v) is 8.72. The van der Waals surface area contributed by atoms with Crippen LogP contribution in [0.15, 0.2) is 50.0 Å². The summed E-state index contributed by atoms with van der Waals surface area (Å²) in [6.07, 6.45) is 2.55. The van der Waals surface area contributed by atoms with Gasteiger partial charge in [0.25, 0.3) is 0 Å². The van der Waals surface area contributed by atoms with Crippen molar-refractivity contribution >= 4 is 72.4 Å². The first-order valence-corrected chi connectivity index (χ1v) is 11.1. The van der Waals surface area contributed by atoms with Gasteiger partial charge in [-0.3, -0.25) is 0 Å². The predicted octanol–water partition coefficient (Wildman–Crippen LogP) is 5.96. The van der Waals surface area contributed by atoms with E-state index in [9.17, 15) is 4.79 Å². The molecule has 0 atom stereocenters. The van der Waals surface area contributed by atoms with E-state index in [-0.39, 0.29) is 11.6 Å². The van der Waals surface area contributed by atoms with Crippen molar-refractivity contribution in [3.05, 3.63) is 59.7 Å². The van der Waals surface area contributed by atoms with Gasteiger partial charge in [0.2, 0.25) is 5.90 Å². The highest BCUT2D eigenvalue weighted by Crippen LogP contribution is 2.37. The van der Waals surface area contributed by atoms with Crippen LogP contribution in [0.3, 0.4) is 0 Å². The number of carbonyl (C=O) groups excluding carboxylic acids is 1. The van der Waals surface area contributed by atoms with Crippen LogP contribution >= 0.6 is 54.5 Å². The van der Waals surface area contributed by atoms with E-state index in [1.54, 1.807) is 19.3 Å². The Balaban J connectivity index is 1.94. The summed E-state index contributed by atoms with van der Waals surface area (Å²) in [7, 11) is 1.58. The number of hydrogen-bond acceptors (Lipinski definition) is 5. The van der Waals surface area contributed by atoms with Crippen molar-refractivity contribution in [1.82, 2.24) is 0 Å². The Bertz CT molecular complexity index is 988. The maximum absolute atomic E-state index is 12.3. The summed E-state index contributed by atoms with van der Waals surface area (Å²) in [6, 6.07) is 9.31. The van der Waals surface area contributed by atoms with E-state index < -0.39 is 5.97 Å². The van der Waals surface area contributed by atoms with Gasteiger partial charge in [-0.15, -0.1) is 0 Å². The van der Waals surface area contributed by atoms with Crippen LogP contribution in [0.1, 0.15) is 24.5 Å². The molecule has 2 aromatic carbocycles. The van der Waals surface area contributed by atoms with Gasteiger partial charge in [-0.05, 0) is 103 Å². The molecule has 1 aliphatic rings. The van der Waals surface area contributed by atoms with E-state index >= 15 is 0 Å². The van der Waals surface area contributed by atoms with Crippen LogP contribution in [0.25, 0.3) is 6.08 Å². The molecule has 3 rings (SSSR count). The van der Waals surface area contributed by atoms with E-state index in [2.05, 4.69) is 59.4 Å². The molecule has 0 saturated carbocycles. The van der Waals surface area contributed by atoms with Gasteiger partial charge < -0.3 is 14.2 Å². The average Bonchev–Trinajstić information content (AvgIpc) is 3.03. The van der Waals surface area contributed by atoms with Crippen LogP contribution in [0, 0.1) is 3.57 Å². The summed E-state index contributed by atoms with van der Waals surface area (Å²) < 4.78 is 19.2. The van der Waals surface area contributed by atoms with Gasteiger partial charge in [0, 0.05) is 13.6 Å². The molecular formula is C20H16Br2INO4. The topological polar surface area (TPSA) is 57.1 Å². The zero-order valence-electron chi connectivity index (χ0n) is 15.1. The first kappa shape index (κ1) is 21.3. The molecule has 1 aliphatic heterocycles. The smallest absolute Gasteiger partial charge is 0.363 e. The summed E-state index contributed by atoms with van der Waals surface area (Å²) in [6.45, 7) is 2.62. The van der Waals surface area contributed by atoms with Crippen molar-refractivity contribution in [3.63, 3.8) is 0 Å². The standard InChI is InChI=1S/C20H16Br2INO4/c1-3-6-27-18-14(22)7-11(9-17(18)26-2)8-16-20(25)28-19(24-16)12-4-5-15(23)13(21)10-12/h4-5,7-10H,3,6H2,1-2H3/b16-8-. The number of ether oxygens (including phenoxy) is 3. The van der Waals surface area contributed by atoms with Gasteiger partial charge >= 0.3 is 5.97 Å². The lowest BCUT2D eigenvalue weighted by molar-refractivity contribution is -0.129. The molecule has 2 aromatic rings. The van der Waals surface area contributed by atoms with Crippen LogP contribution in [0.2, 0.25) is 0 Å². The summed E-state index contributed by atoms with van der Waals surface area (Å²) in [5, 5.41) is 0. The second kappa shape index (κ2) is 9.41. The molecule has 5 nitrogen and oxygen atoms in total. The maximum atomic E-state index is 12.3. The van der Waals surface area contributed by atoms with Crippen LogP contribution < -0.4 is 9.47 Å². The molecule has 0 saturated heterocycles. The van der Waals surface area contributed by atoms with Gasteiger partial charge in [-0.1, -0.05) is 6.92 Å². The van der Waals surface area contributed by atoms with Gasteiger partial charge in [0.05, 0.1) is 18.2 Å². The highest BCUT2D eigenvalue weighted by Gasteiger charge is 2.25. The lowest BCUT2D eigenvalue weighted by Crippen LogP contribution is -2.05. The number of aliphatic imine (C=N–C) groups is 1. The Morgan fingerprint density at radius 1 is 1.21 bits per heavy atom. The van der Waals surface area contributed by atoms with Crippen molar-refractivity contribution in [2.75, 3.05) is 13.7 Å². The Labute approximate surface area is 193 Å². The number of nitrogens with zero attached hydrogens (tertiary/aromatic N) is 1. The quantitative estimate of drug-likeness (QED) is 0.227. The number of esters is 1. The minimum Gasteiger partial charge on any atom is -0.493 e. The number of rotatable bonds is 6. The van der Waals surface area contributed by atoms with Gasteiger partial charge in [-0.25, -0.2) is 9.79 Å². The first-order valence-electron chi connectivity index (χ1n) is 8.41. The van der Waals surface area contributed by atoms with Crippen LogP contribution in [-0.4, -0.2) is 25.6 Å². The number of hydrogen-bond donors (Lipinski definition) is 0. The molecule has 0 aromatic heterocycles. The Morgan fingerprint density at radius 2 is 2.00 bits per heavy atom. The summed E-state index contributed by atoms with van der Waals surface area (Å²) in [5.74, 6) is 0.994. The van der Waals surface area contributed by atoms with Crippen LogP contribution in [0.4, 0.5) is 0 Å². The molecular weight excluding hydrogens is 605 g/mol. The molecule has 8 heteroatoms. The van der Waals surface area contributed by atoms with Crippen molar-refractivity contribution in [3.8, 4) is 11.5 Å². The molecule has 146 valence electrons. The SMILES string of the molecule is CCCOc1c(Br)cc(/C=C2\N=C(c3ccc(I)c(Br)c3)OC2=O)cc1OC. The normalized spacial score (nSPS) is 14.8. The molecule has 0 aliphatic carbocycles. The monoisotopic (exact) mass is 619 g/mol. The zero-order valence-corrected chi connectivity index (χ0v) is 20.4. The van der Waals surface area contributed by atoms with Crippen LogP contribution in [-0.2, 0) is 9.53 Å². The largest absolute Gasteiger partial charge is 0.493 e. The molecule has 0 amide bonds.